The fraction of sp³-hybridized carbons (Fsp3) is 0.714. The molecule has 1 rings (SSSR count). The molecule has 3 nitrogen and oxygen atoms in total. The molecule has 0 aromatic carbocycles. The monoisotopic (exact) mass is 267 g/mol. The predicted molar refractivity (Wildman–Crippen MR) is 79.9 cm³/mol. The van der Waals surface area contributed by atoms with Crippen molar-refractivity contribution in [1.82, 2.24) is 15.3 Å². The van der Waals surface area contributed by atoms with Crippen LogP contribution in [0.3, 0.4) is 0 Å². The third-order valence-corrected chi connectivity index (χ3v) is 3.92. The van der Waals surface area contributed by atoms with Crippen molar-refractivity contribution in [3.05, 3.63) is 22.8 Å². The third-order valence-electron chi connectivity index (χ3n) is 2.65. The van der Waals surface area contributed by atoms with Gasteiger partial charge in [0.25, 0.3) is 0 Å². The van der Waals surface area contributed by atoms with Gasteiger partial charge in [-0.05, 0) is 20.4 Å². The fourth-order valence-electron chi connectivity index (χ4n) is 1.66. The van der Waals surface area contributed by atoms with Gasteiger partial charge >= 0.3 is 0 Å². The Morgan fingerprint density at radius 3 is 2.11 bits per heavy atom. The van der Waals surface area contributed by atoms with Crippen LogP contribution in [0.15, 0.2) is 0 Å². The van der Waals surface area contributed by atoms with Gasteiger partial charge < -0.3 is 5.32 Å². The van der Waals surface area contributed by atoms with Crippen molar-refractivity contribution in [2.45, 2.75) is 58.6 Å². The Balaban J connectivity index is 2.79. The molecule has 0 spiro atoms. The molecular weight excluding hydrogens is 242 g/mol. The first-order valence-corrected chi connectivity index (χ1v) is 7.49. The molecule has 0 saturated heterocycles. The Hall–Kier alpha value is -0.610. The Morgan fingerprint density at radius 2 is 1.67 bits per heavy atom. The SMILES string of the molecule is CCNCc1c(C)nc(CSC(C)(C)C)nc1C. The quantitative estimate of drug-likeness (QED) is 0.889. The molecule has 1 aromatic rings. The van der Waals surface area contributed by atoms with Crippen molar-refractivity contribution < 1.29 is 0 Å². The fourth-order valence-corrected chi connectivity index (χ4v) is 2.35. The lowest BCUT2D eigenvalue weighted by molar-refractivity contribution is 0.707. The summed E-state index contributed by atoms with van der Waals surface area (Å²) in [4.78, 5) is 9.24. The average molecular weight is 267 g/mol. The number of hydrogen-bond donors (Lipinski definition) is 1. The van der Waals surface area contributed by atoms with E-state index in [-0.39, 0.29) is 4.75 Å². The van der Waals surface area contributed by atoms with Gasteiger partial charge in [-0.3, -0.25) is 0 Å². The van der Waals surface area contributed by atoms with Crippen molar-refractivity contribution in [2.75, 3.05) is 6.54 Å². The van der Waals surface area contributed by atoms with Crippen molar-refractivity contribution in [1.29, 1.82) is 0 Å². The second-order valence-corrected chi connectivity index (χ2v) is 7.27. The Morgan fingerprint density at radius 1 is 1.11 bits per heavy atom. The summed E-state index contributed by atoms with van der Waals surface area (Å²) in [5.74, 6) is 1.83. The lowest BCUT2D eigenvalue weighted by Gasteiger charge is -2.17. The first-order chi connectivity index (χ1) is 8.33. The van der Waals surface area contributed by atoms with E-state index >= 15 is 0 Å². The second-order valence-electron chi connectivity index (χ2n) is 5.47. The zero-order valence-electron chi connectivity index (χ0n) is 12.4. The van der Waals surface area contributed by atoms with Gasteiger partial charge in [0.1, 0.15) is 5.82 Å². The van der Waals surface area contributed by atoms with Gasteiger partial charge in [-0.1, -0.05) is 27.7 Å². The zero-order chi connectivity index (χ0) is 13.8. The Kier molecular flexibility index (Phi) is 5.60. The molecule has 0 unspecified atom stereocenters. The van der Waals surface area contributed by atoms with Gasteiger partial charge in [-0.2, -0.15) is 0 Å². The van der Waals surface area contributed by atoms with Crippen LogP contribution >= 0.6 is 11.8 Å². The van der Waals surface area contributed by atoms with Gasteiger partial charge in [0, 0.05) is 28.2 Å². The maximum Gasteiger partial charge on any atom is 0.138 e. The van der Waals surface area contributed by atoms with Crippen molar-refractivity contribution in [2.24, 2.45) is 0 Å². The molecule has 0 aliphatic carbocycles. The number of hydrogen-bond acceptors (Lipinski definition) is 4. The maximum atomic E-state index is 4.62. The molecule has 1 heterocycles. The minimum absolute atomic E-state index is 0.258. The number of nitrogens with one attached hydrogen (secondary N) is 1. The molecule has 0 fully saturated rings. The van der Waals surface area contributed by atoms with E-state index in [9.17, 15) is 0 Å². The molecule has 0 bridgehead atoms. The van der Waals surface area contributed by atoms with Crippen LogP contribution in [0.1, 0.15) is 50.5 Å². The van der Waals surface area contributed by atoms with E-state index in [2.05, 4.69) is 56.8 Å². The molecule has 0 aliphatic rings. The molecule has 0 aliphatic heterocycles. The highest BCUT2D eigenvalue weighted by molar-refractivity contribution is 7.99. The minimum Gasteiger partial charge on any atom is -0.313 e. The van der Waals surface area contributed by atoms with E-state index in [1.165, 1.54) is 5.56 Å². The first-order valence-electron chi connectivity index (χ1n) is 6.51. The van der Waals surface area contributed by atoms with Crippen LogP contribution in [-0.4, -0.2) is 21.3 Å². The number of aromatic nitrogens is 2. The van der Waals surface area contributed by atoms with E-state index in [0.29, 0.717) is 0 Å². The molecule has 0 saturated carbocycles. The van der Waals surface area contributed by atoms with Gasteiger partial charge in [0.2, 0.25) is 0 Å². The molecular formula is C14H25N3S. The van der Waals surface area contributed by atoms with Crippen LogP contribution in [0.4, 0.5) is 0 Å². The van der Waals surface area contributed by atoms with Gasteiger partial charge in [0.15, 0.2) is 0 Å². The topological polar surface area (TPSA) is 37.8 Å². The number of thioether (sulfide) groups is 1. The zero-order valence-corrected chi connectivity index (χ0v) is 13.2. The molecule has 0 radical (unpaired) electrons. The molecule has 0 amide bonds. The van der Waals surface area contributed by atoms with Crippen LogP contribution in [0.25, 0.3) is 0 Å². The van der Waals surface area contributed by atoms with Crippen LogP contribution in [0, 0.1) is 13.8 Å². The van der Waals surface area contributed by atoms with E-state index < -0.39 is 0 Å². The molecule has 4 heteroatoms. The molecule has 1 N–H and O–H groups in total. The number of nitrogens with zero attached hydrogens (tertiary/aromatic N) is 2. The van der Waals surface area contributed by atoms with Gasteiger partial charge in [-0.25, -0.2) is 9.97 Å². The van der Waals surface area contributed by atoms with E-state index in [1.54, 1.807) is 0 Å². The highest BCUT2D eigenvalue weighted by atomic mass is 32.2. The standard InChI is InChI=1S/C14H25N3S/c1-7-15-8-12-10(2)16-13(17-11(12)3)9-18-14(4,5)6/h15H,7-9H2,1-6H3. The summed E-state index contributed by atoms with van der Waals surface area (Å²) in [6, 6.07) is 0. The first kappa shape index (κ1) is 15.4. The van der Waals surface area contributed by atoms with Gasteiger partial charge in [-0.15, -0.1) is 11.8 Å². The summed E-state index contributed by atoms with van der Waals surface area (Å²) in [6.45, 7) is 14.8. The Bertz CT molecular complexity index is 374. The number of aryl methyl sites for hydroxylation is 2. The summed E-state index contributed by atoms with van der Waals surface area (Å²) in [7, 11) is 0. The summed E-state index contributed by atoms with van der Waals surface area (Å²) < 4.78 is 0.258. The molecule has 0 atom stereocenters. The van der Waals surface area contributed by atoms with Crippen LogP contribution in [0.2, 0.25) is 0 Å². The molecule has 1 aromatic heterocycles. The van der Waals surface area contributed by atoms with Crippen molar-refractivity contribution in [3.8, 4) is 0 Å². The highest BCUT2D eigenvalue weighted by Gasteiger charge is 2.13. The largest absolute Gasteiger partial charge is 0.313 e. The summed E-state index contributed by atoms with van der Waals surface area (Å²) in [5.41, 5.74) is 3.45. The lowest BCUT2D eigenvalue weighted by atomic mass is 10.1. The van der Waals surface area contributed by atoms with E-state index in [1.807, 2.05) is 11.8 Å². The minimum atomic E-state index is 0.258. The lowest BCUT2D eigenvalue weighted by Crippen LogP contribution is -2.16. The smallest absolute Gasteiger partial charge is 0.138 e. The van der Waals surface area contributed by atoms with E-state index in [0.717, 1.165) is 36.1 Å². The van der Waals surface area contributed by atoms with Crippen LogP contribution in [0.5, 0.6) is 0 Å². The maximum absolute atomic E-state index is 4.62. The predicted octanol–water partition coefficient (Wildman–Crippen LogP) is 3.23. The molecule has 102 valence electrons. The summed E-state index contributed by atoms with van der Waals surface area (Å²) in [5, 5.41) is 3.34. The third kappa shape index (κ3) is 4.94. The highest BCUT2D eigenvalue weighted by Crippen LogP contribution is 2.26. The normalized spacial score (nSPS) is 11.9. The van der Waals surface area contributed by atoms with Crippen LogP contribution in [-0.2, 0) is 12.3 Å². The van der Waals surface area contributed by atoms with E-state index in [4.69, 9.17) is 0 Å². The summed E-state index contributed by atoms with van der Waals surface area (Å²) in [6.07, 6.45) is 0. The van der Waals surface area contributed by atoms with Gasteiger partial charge in [0.05, 0.1) is 5.75 Å². The average Bonchev–Trinajstić information content (AvgIpc) is 2.24. The second kappa shape index (κ2) is 6.53. The molecule has 18 heavy (non-hydrogen) atoms. The van der Waals surface area contributed by atoms with Crippen LogP contribution < -0.4 is 5.32 Å². The van der Waals surface area contributed by atoms with Crippen molar-refractivity contribution in [3.63, 3.8) is 0 Å². The summed E-state index contributed by atoms with van der Waals surface area (Å²) >= 11 is 1.89. The van der Waals surface area contributed by atoms with Crippen molar-refractivity contribution >= 4 is 11.8 Å². The Labute approximate surface area is 115 Å². The number of rotatable bonds is 5.